The van der Waals surface area contributed by atoms with Crippen molar-refractivity contribution in [2.45, 2.75) is 30.9 Å². The van der Waals surface area contributed by atoms with Crippen LogP contribution in [-0.2, 0) is 14.8 Å². The van der Waals surface area contributed by atoms with E-state index in [2.05, 4.69) is 24.9 Å². The standard InChI is InChI=1S/C22H25ClN6O5S/c1-13(20-24-10-16(23)11-25-20)14(2)35(31,32)28-22-27-26-21(15-6-5-9-34-12-15)29(22)19-17(30)7-4-8-18(19)33-3/h4-8,10-11,13-15,30H,9,12H2,1-3H3,(H,27,28)/t13-,14-,15-/m0/s1. The van der Waals surface area contributed by atoms with E-state index >= 15 is 0 Å². The molecule has 3 heterocycles. The first-order chi connectivity index (χ1) is 16.7. The molecule has 0 fully saturated rings. The summed E-state index contributed by atoms with van der Waals surface area (Å²) < 4.78 is 41.7. The van der Waals surface area contributed by atoms with Crippen molar-refractivity contribution in [2.75, 3.05) is 25.0 Å². The maximum absolute atomic E-state index is 13.4. The van der Waals surface area contributed by atoms with Crippen molar-refractivity contribution in [2.24, 2.45) is 0 Å². The summed E-state index contributed by atoms with van der Waals surface area (Å²) >= 11 is 5.85. The van der Waals surface area contributed by atoms with Gasteiger partial charge in [-0.1, -0.05) is 36.7 Å². The first-order valence-electron chi connectivity index (χ1n) is 10.8. The Kier molecular flexibility index (Phi) is 7.24. The molecule has 0 spiro atoms. The number of anilines is 1. The molecule has 0 amide bonds. The summed E-state index contributed by atoms with van der Waals surface area (Å²) in [6, 6.07) is 4.73. The highest BCUT2D eigenvalue weighted by atomic mass is 35.5. The van der Waals surface area contributed by atoms with E-state index in [0.29, 0.717) is 35.6 Å². The molecule has 0 unspecified atom stereocenters. The zero-order chi connectivity index (χ0) is 25.2. The number of phenols is 1. The molecule has 186 valence electrons. The van der Waals surface area contributed by atoms with E-state index in [0.717, 1.165) is 0 Å². The van der Waals surface area contributed by atoms with E-state index in [9.17, 15) is 13.5 Å². The van der Waals surface area contributed by atoms with Gasteiger partial charge in [-0.3, -0.25) is 9.29 Å². The number of rotatable bonds is 8. The van der Waals surface area contributed by atoms with Gasteiger partial charge in [-0.25, -0.2) is 18.4 Å². The van der Waals surface area contributed by atoms with Crippen molar-refractivity contribution < 1.29 is 23.0 Å². The molecule has 13 heteroatoms. The SMILES string of the molecule is COc1cccc(O)c1-n1c(NS(=O)(=O)[C@@H](C)[C@H](C)c2ncc(Cl)cn2)nnc1[C@H]1C=CCOC1. The monoisotopic (exact) mass is 520 g/mol. The van der Waals surface area contributed by atoms with Crippen molar-refractivity contribution in [1.82, 2.24) is 24.7 Å². The predicted octanol–water partition coefficient (Wildman–Crippen LogP) is 3.03. The fourth-order valence-corrected chi connectivity index (χ4v) is 5.01. The van der Waals surface area contributed by atoms with Crippen LogP contribution in [0.15, 0.2) is 42.7 Å². The molecule has 1 aliphatic heterocycles. The number of benzene rings is 1. The van der Waals surface area contributed by atoms with Crippen LogP contribution in [0, 0.1) is 0 Å². The van der Waals surface area contributed by atoms with Gasteiger partial charge in [-0.2, -0.15) is 0 Å². The van der Waals surface area contributed by atoms with Crippen LogP contribution in [0.3, 0.4) is 0 Å². The van der Waals surface area contributed by atoms with Crippen LogP contribution in [-0.4, -0.2) is 63.8 Å². The maximum atomic E-state index is 13.4. The maximum Gasteiger partial charge on any atom is 0.243 e. The van der Waals surface area contributed by atoms with Gasteiger partial charge in [0.2, 0.25) is 16.0 Å². The Bertz CT molecular complexity index is 1330. The Balaban J connectivity index is 1.76. The molecule has 0 saturated heterocycles. The highest BCUT2D eigenvalue weighted by molar-refractivity contribution is 7.93. The Morgan fingerprint density at radius 3 is 2.66 bits per heavy atom. The molecule has 3 aromatic rings. The Morgan fingerprint density at radius 2 is 2.00 bits per heavy atom. The minimum absolute atomic E-state index is 0.102. The molecule has 0 radical (unpaired) electrons. The second-order valence-corrected chi connectivity index (χ2v) is 10.5. The van der Waals surface area contributed by atoms with Gasteiger partial charge in [0.25, 0.3) is 0 Å². The number of nitrogens with zero attached hydrogens (tertiary/aromatic N) is 5. The molecule has 1 aliphatic rings. The molecule has 4 rings (SSSR count). The zero-order valence-electron chi connectivity index (χ0n) is 19.3. The van der Waals surface area contributed by atoms with Crippen molar-refractivity contribution in [1.29, 1.82) is 0 Å². The molecular weight excluding hydrogens is 496 g/mol. The highest BCUT2D eigenvalue weighted by Crippen LogP contribution is 2.37. The molecule has 0 saturated carbocycles. The fraction of sp³-hybridized carbons (Fsp3) is 0.364. The number of sulfonamides is 1. The largest absolute Gasteiger partial charge is 0.506 e. The molecule has 0 aliphatic carbocycles. The second-order valence-electron chi connectivity index (χ2n) is 8.02. The third-order valence-electron chi connectivity index (χ3n) is 5.80. The number of halogens is 1. The fourth-order valence-electron chi connectivity index (χ4n) is 3.68. The van der Waals surface area contributed by atoms with Gasteiger partial charge in [0.05, 0.1) is 36.5 Å². The smallest absolute Gasteiger partial charge is 0.243 e. The van der Waals surface area contributed by atoms with Crippen LogP contribution < -0.4 is 9.46 Å². The Labute approximate surface area is 207 Å². The first kappa shape index (κ1) is 24.9. The lowest BCUT2D eigenvalue weighted by molar-refractivity contribution is 0.143. The van der Waals surface area contributed by atoms with Crippen molar-refractivity contribution in [3.05, 3.63) is 59.4 Å². The number of hydrogen-bond acceptors (Lipinski definition) is 9. The van der Waals surface area contributed by atoms with E-state index in [1.807, 2.05) is 12.2 Å². The van der Waals surface area contributed by atoms with Gasteiger partial charge < -0.3 is 14.6 Å². The van der Waals surface area contributed by atoms with E-state index in [1.54, 1.807) is 26.0 Å². The molecule has 2 aromatic heterocycles. The summed E-state index contributed by atoms with van der Waals surface area (Å²) in [6.07, 6.45) is 6.58. The molecular formula is C22H25ClN6O5S. The van der Waals surface area contributed by atoms with Crippen LogP contribution in [0.2, 0.25) is 5.02 Å². The lowest BCUT2D eigenvalue weighted by Crippen LogP contribution is -2.31. The minimum Gasteiger partial charge on any atom is -0.506 e. The molecule has 3 atom stereocenters. The molecule has 1 aromatic carbocycles. The molecule has 0 bridgehead atoms. The van der Waals surface area contributed by atoms with Crippen LogP contribution in [0.4, 0.5) is 5.95 Å². The Hall–Kier alpha value is -3.22. The number of ether oxygens (including phenoxy) is 2. The predicted molar refractivity (Wildman–Crippen MR) is 130 cm³/mol. The minimum atomic E-state index is -4.01. The first-order valence-corrected chi connectivity index (χ1v) is 12.7. The van der Waals surface area contributed by atoms with Gasteiger partial charge in [0, 0.05) is 18.3 Å². The van der Waals surface area contributed by atoms with Crippen LogP contribution in [0.5, 0.6) is 11.5 Å². The van der Waals surface area contributed by atoms with Crippen molar-refractivity contribution in [3.8, 4) is 17.2 Å². The van der Waals surface area contributed by atoms with Gasteiger partial charge in [0.1, 0.15) is 28.8 Å². The topological polar surface area (TPSA) is 141 Å². The van der Waals surface area contributed by atoms with Gasteiger partial charge in [0.15, 0.2) is 0 Å². The van der Waals surface area contributed by atoms with Gasteiger partial charge >= 0.3 is 0 Å². The highest BCUT2D eigenvalue weighted by Gasteiger charge is 2.33. The summed E-state index contributed by atoms with van der Waals surface area (Å²) in [5.74, 6) is -0.102. The number of methoxy groups -OCH3 is 1. The second kappa shape index (κ2) is 10.2. The van der Waals surface area contributed by atoms with Crippen LogP contribution >= 0.6 is 11.6 Å². The van der Waals surface area contributed by atoms with E-state index in [1.165, 1.54) is 30.1 Å². The number of para-hydroxylation sites is 1. The molecule has 35 heavy (non-hydrogen) atoms. The number of aromatic hydroxyl groups is 1. The Morgan fingerprint density at radius 1 is 1.26 bits per heavy atom. The summed E-state index contributed by atoms with van der Waals surface area (Å²) in [5, 5.41) is 18.5. The van der Waals surface area contributed by atoms with Gasteiger partial charge in [-0.05, 0) is 19.1 Å². The normalized spacial score (nSPS) is 17.7. The lowest BCUT2D eigenvalue weighted by atomic mass is 10.1. The summed E-state index contributed by atoms with van der Waals surface area (Å²) in [4.78, 5) is 8.29. The number of hydrogen-bond donors (Lipinski definition) is 2. The van der Waals surface area contributed by atoms with Gasteiger partial charge in [-0.15, -0.1) is 10.2 Å². The lowest BCUT2D eigenvalue weighted by Gasteiger charge is -2.22. The van der Waals surface area contributed by atoms with E-state index < -0.39 is 21.2 Å². The molecule has 2 N–H and O–H groups in total. The van der Waals surface area contributed by atoms with Crippen LogP contribution in [0.1, 0.15) is 37.3 Å². The number of phenolic OH excluding ortho intramolecular Hbond substituents is 1. The third kappa shape index (κ3) is 5.09. The quantitative estimate of drug-likeness (QED) is 0.428. The number of nitrogens with one attached hydrogen (secondary N) is 1. The summed E-state index contributed by atoms with van der Waals surface area (Å²) in [7, 11) is -2.56. The van der Waals surface area contributed by atoms with Crippen LogP contribution in [0.25, 0.3) is 5.69 Å². The van der Waals surface area contributed by atoms with Crippen molar-refractivity contribution in [3.63, 3.8) is 0 Å². The number of aromatic nitrogens is 5. The average molecular weight is 521 g/mol. The zero-order valence-corrected chi connectivity index (χ0v) is 20.9. The van der Waals surface area contributed by atoms with Crippen molar-refractivity contribution >= 4 is 27.6 Å². The summed E-state index contributed by atoms with van der Waals surface area (Å²) in [6.45, 7) is 4.04. The summed E-state index contributed by atoms with van der Waals surface area (Å²) in [5.41, 5.74) is 0.202. The van der Waals surface area contributed by atoms with E-state index in [4.69, 9.17) is 21.1 Å². The third-order valence-corrected chi connectivity index (χ3v) is 7.84. The average Bonchev–Trinajstić information content (AvgIpc) is 3.26. The van der Waals surface area contributed by atoms with E-state index in [-0.39, 0.29) is 23.3 Å². The molecule has 11 nitrogen and oxygen atoms in total.